The number of aromatic nitrogens is 8. The molecule has 0 amide bonds. The highest BCUT2D eigenvalue weighted by atomic mass is 79.9. The van der Waals surface area contributed by atoms with Gasteiger partial charge in [0.2, 0.25) is 0 Å². The number of aliphatic hydroxyl groups excluding tert-OH is 4. The summed E-state index contributed by atoms with van der Waals surface area (Å²) in [7, 11) is 0. The Labute approximate surface area is 239 Å². The van der Waals surface area contributed by atoms with Crippen LogP contribution < -0.4 is 11.5 Å². The van der Waals surface area contributed by atoms with Gasteiger partial charge < -0.3 is 51.6 Å². The van der Waals surface area contributed by atoms with Crippen LogP contribution in [0, 0.1) is 0 Å². The van der Waals surface area contributed by atoms with Crippen LogP contribution in [-0.2, 0) is 9.47 Å². The second-order valence-corrected chi connectivity index (χ2v) is 10.7. The van der Waals surface area contributed by atoms with E-state index in [0.717, 1.165) is 0 Å². The molecule has 0 bridgehead atoms. The second-order valence-electron chi connectivity index (χ2n) is 10.0. The lowest BCUT2D eigenvalue weighted by Gasteiger charge is -2.27. The quantitative estimate of drug-likeness (QED) is 0.108. The van der Waals surface area contributed by atoms with Gasteiger partial charge in [-0.05, 0) is 29.8 Å². The number of anilines is 2. The molecular formula is C22H29BrN10O8. The Morgan fingerprint density at radius 1 is 0.829 bits per heavy atom. The van der Waals surface area contributed by atoms with Gasteiger partial charge in [-0.15, -0.1) is 0 Å². The number of nitrogen functional groups attached to an aromatic ring is 2. The Bertz CT molecular complexity index is 1560. The van der Waals surface area contributed by atoms with Crippen molar-refractivity contribution in [3.63, 3.8) is 0 Å². The van der Waals surface area contributed by atoms with E-state index in [1.165, 1.54) is 42.0 Å². The lowest BCUT2D eigenvalue weighted by molar-refractivity contribution is -0.0960. The molecule has 2 saturated heterocycles. The molecule has 4 aromatic heterocycles. The van der Waals surface area contributed by atoms with E-state index in [2.05, 4.69) is 45.8 Å². The van der Waals surface area contributed by atoms with Crippen LogP contribution in [0.15, 0.2) is 23.7 Å². The first-order chi connectivity index (χ1) is 19.3. The van der Waals surface area contributed by atoms with Crippen molar-refractivity contribution in [3.05, 3.63) is 23.7 Å². The maximum Gasteiger partial charge on any atom is 0.181 e. The monoisotopic (exact) mass is 640 g/mol. The van der Waals surface area contributed by atoms with Crippen molar-refractivity contribution in [1.29, 1.82) is 0 Å². The molecule has 4 aromatic rings. The zero-order valence-electron chi connectivity index (χ0n) is 21.7. The van der Waals surface area contributed by atoms with E-state index < -0.39 is 61.3 Å². The summed E-state index contributed by atoms with van der Waals surface area (Å²) >= 11 is 3.26. The molecule has 2 aliphatic heterocycles. The maximum absolute atomic E-state index is 10.5. The molecule has 41 heavy (non-hydrogen) atoms. The van der Waals surface area contributed by atoms with Crippen molar-refractivity contribution >= 4 is 49.9 Å². The molecule has 2 aliphatic rings. The summed E-state index contributed by atoms with van der Waals surface area (Å²) in [6, 6.07) is 0. The Kier molecular flexibility index (Phi) is 7.59. The number of hydrogen-bond acceptors (Lipinski definition) is 16. The topological polar surface area (TPSA) is 279 Å². The fraction of sp³-hybridized carbons (Fsp3) is 0.545. The molecule has 2 fully saturated rings. The molecule has 0 unspecified atom stereocenters. The van der Waals surface area contributed by atoms with Crippen molar-refractivity contribution < 1.29 is 40.1 Å². The molecule has 0 aromatic carbocycles. The number of fused-ring (bicyclic) bond motifs is 2. The number of hydrogen-bond donors (Lipinski definition) is 8. The van der Waals surface area contributed by atoms with Gasteiger partial charge in [-0.25, -0.2) is 29.9 Å². The molecule has 8 atom stereocenters. The van der Waals surface area contributed by atoms with Crippen LogP contribution in [0.3, 0.4) is 0 Å². The summed E-state index contributed by atoms with van der Waals surface area (Å²) in [5, 5.41) is 59.4. The number of ether oxygens (including phenoxy) is 2. The lowest BCUT2D eigenvalue weighted by Crippen LogP contribution is -2.44. The van der Waals surface area contributed by atoms with E-state index in [0.29, 0.717) is 27.1 Å². The maximum atomic E-state index is 10.5. The van der Waals surface area contributed by atoms with Gasteiger partial charge in [0, 0.05) is 0 Å². The lowest BCUT2D eigenvalue weighted by atomic mass is 9.96. The molecule has 222 valence electrons. The van der Waals surface area contributed by atoms with E-state index in [4.69, 9.17) is 20.9 Å². The van der Waals surface area contributed by atoms with E-state index in [-0.39, 0.29) is 11.6 Å². The van der Waals surface area contributed by atoms with Gasteiger partial charge in [0.1, 0.15) is 53.8 Å². The molecule has 0 spiro atoms. The Morgan fingerprint density at radius 3 is 1.90 bits per heavy atom. The van der Waals surface area contributed by atoms with Crippen molar-refractivity contribution in [2.75, 3.05) is 24.7 Å². The van der Waals surface area contributed by atoms with E-state index in [9.17, 15) is 30.6 Å². The molecule has 0 aliphatic carbocycles. The summed E-state index contributed by atoms with van der Waals surface area (Å²) < 4.78 is 14.3. The molecule has 0 saturated carbocycles. The van der Waals surface area contributed by atoms with Crippen LogP contribution >= 0.6 is 15.9 Å². The summed E-state index contributed by atoms with van der Waals surface area (Å²) in [5.74, 6) is 0.405. The third kappa shape index (κ3) is 4.68. The highest BCUT2D eigenvalue weighted by Crippen LogP contribution is 2.42. The average Bonchev–Trinajstić information content (AvgIpc) is 3.62. The van der Waals surface area contributed by atoms with E-state index in [1.807, 2.05) is 0 Å². The number of halogens is 1. The van der Waals surface area contributed by atoms with Crippen LogP contribution in [0.1, 0.15) is 26.3 Å². The van der Waals surface area contributed by atoms with Gasteiger partial charge in [0.05, 0.1) is 19.5 Å². The molecular weight excluding hydrogens is 612 g/mol. The van der Waals surface area contributed by atoms with Crippen molar-refractivity contribution in [2.45, 2.75) is 61.9 Å². The van der Waals surface area contributed by atoms with Crippen LogP contribution in [0.5, 0.6) is 0 Å². The van der Waals surface area contributed by atoms with Gasteiger partial charge in [-0.2, -0.15) is 0 Å². The fourth-order valence-electron chi connectivity index (χ4n) is 4.90. The predicted molar refractivity (Wildman–Crippen MR) is 142 cm³/mol. The predicted octanol–water partition coefficient (Wildman–Crippen LogP) is -2.42. The number of nitrogens with zero attached hydrogens (tertiary/aromatic N) is 8. The highest BCUT2D eigenvalue weighted by molar-refractivity contribution is 9.10. The normalized spacial score (nSPS) is 33.4. The summed E-state index contributed by atoms with van der Waals surface area (Å²) in [4.78, 5) is 24.1. The third-order valence-electron chi connectivity index (χ3n) is 7.21. The van der Waals surface area contributed by atoms with Gasteiger partial charge in [0.25, 0.3) is 0 Å². The minimum absolute atomic E-state index is 0.191. The molecule has 6 heterocycles. The number of aliphatic hydroxyl groups is 6. The number of rotatable bonds is 4. The molecule has 10 N–H and O–H groups in total. The van der Waals surface area contributed by atoms with Gasteiger partial charge in [0.15, 0.2) is 45.6 Å². The standard InChI is InChI=1S/C11H14BrN5O4.C11H15N5O4/c1-11(20)6(19)4(2-18)21-9(11)17-8-5(16-10(17)12)7(13)14-3-15-8;1-11(19)7(18)5(2-17)20-10(11)16-4-15-6-8(12)13-3-14-9(6)16/h3-4,6,9,18-20H,2H2,1H3,(H2,13,14,15);3-5,7,10,17-19H,2H2,1H3,(H2,12,13,14)/t4-,6-,9-,11-;5-,7-,10-,11-/m11/s1. The van der Waals surface area contributed by atoms with Crippen LogP contribution in [0.25, 0.3) is 22.3 Å². The summed E-state index contributed by atoms with van der Waals surface area (Å²) in [5.41, 5.74) is 9.68. The summed E-state index contributed by atoms with van der Waals surface area (Å²) in [6.45, 7) is 2.02. The minimum atomic E-state index is -1.64. The van der Waals surface area contributed by atoms with Crippen LogP contribution in [0.2, 0.25) is 0 Å². The largest absolute Gasteiger partial charge is 0.394 e. The van der Waals surface area contributed by atoms with Crippen molar-refractivity contribution in [3.8, 4) is 0 Å². The van der Waals surface area contributed by atoms with Crippen molar-refractivity contribution in [2.24, 2.45) is 0 Å². The first kappa shape index (κ1) is 29.4. The fourth-order valence-corrected chi connectivity index (χ4v) is 5.44. The molecule has 18 nitrogen and oxygen atoms in total. The average molecular weight is 641 g/mol. The zero-order valence-corrected chi connectivity index (χ0v) is 23.3. The smallest absolute Gasteiger partial charge is 0.181 e. The molecule has 0 radical (unpaired) electrons. The number of nitrogens with two attached hydrogens (primary N) is 2. The molecule has 6 rings (SSSR count). The van der Waals surface area contributed by atoms with E-state index >= 15 is 0 Å². The van der Waals surface area contributed by atoms with Crippen molar-refractivity contribution in [1.82, 2.24) is 39.0 Å². The van der Waals surface area contributed by atoms with Crippen LogP contribution in [-0.4, -0.2) is 119 Å². The number of imidazole rings is 2. The third-order valence-corrected chi connectivity index (χ3v) is 7.77. The Balaban J connectivity index is 0.000000165. The van der Waals surface area contributed by atoms with Gasteiger partial charge >= 0.3 is 0 Å². The Morgan fingerprint density at radius 2 is 1.34 bits per heavy atom. The zero-order chi connectivity index (χ0) is 29.9. The highest BCUT2D eigenvalue weighted by Gasteiger charge is 2.54. The summed E-state index contributed by atoms with van der Waals surface area (Å²) in [6.07, 6.45) is -2.25. The van der Waals surface area contributed by atoms with Gasteiger partial charge in [-0.3, -0.25) is 9.13 Å². The van der Waals surface area contributed by atoms with Crippen LogP contribution in [0.4, 0.5) is 11.6 Å². The van der Waals surface area contributed by atoms with E-state index in [1.54, 1.807) is 0 Å². The minimum Gasteiger partial charge on any atom is -0.394 e. The second kappa shape index (κ2) is 10.6. The first-order valence-electron chi connectivity index (χ1n) is 12.2. The SMILES string of the molecule is C[C@@]1(O)[C@H](O)[C@@H](CO)O[C@H]1n1c(Br)nc2c(N)ncnc21.C[C@@]1(O)[C@H](O)[C@@H](CO)O[C@H]1n1cnc2c(N)ncnc21. The Hall–Kier alpha value is -3.14. The van der Waals surface area contributed by atoms with Gasteiger partial charge in [-0.1, -0.05) is 0 Å². The molecule has 19 heteroatoms. The first-order valence-corrected chi connectivity index (χ1v) is 13.0.